The predicted octanol–water partition coefficient (Wildman–Crippen LogP) is 3.58. The minimum atomic E-state index is -4.37. The van der Waals surface area contributed by atoms with Gasteiger partial charge in [0, 0.05) is 12.3 Å². The maximum Gasteiger partial charge on any atom is 0.416 e. The van der Waals surface area contributed by atoms with Gasteiger partial charge >= 0.3 is 6.18 Å². The number of hydrogen-bond acceptors (Lipinski definition) is 2. The maximum absolute atomic E-state index is 12.7. The summed E-state index contributed by atoms with van der Waals surface area (Å²) >= 11 is 0. The largest absolute Gasteiger partial charge is 0.416 e. The van der Waals surface area contributed by atoms with Crippen molar-refractivity contribution in [3.05, 3.63) is 35.4 Å². The Morgan fingerprint density at radius 1 is 1.24 bits per heavy atom. The number of rotatable bonds is 4. The van der Waals surface area contributed by atoms with E-state index in [1.165, 1.54) is 6.07 Å². The van der Waals surface area contributed by atoms with E-state index in [4.69, 9.17) is 5.73 Å². The molecule has 116 valence electrons. The third kappa shape index (κ3) is 4.06. The lowest BCUT2D eigenvalue weighted by molar-refractivity contribution is -0.137. The summed E-state index contributed by atoms with van der Waals surface area (Å²) in [5, 5.41) is 0. The first-order chi connectivity index (χ1) is 9.91. The van der Waals surface area contributed by atoms with Crippen LogP contribution in [-0.4, -0.2) is 12.3 Å². The second kappa shape index (κ2) is 6.60. The fraction of sp³-hybridized carbons (Fsp3) is 0.562. The molecule has 1 saturated carbocycles. The van der Waals surface area contributed by atoms with Crippen LogP contribution in [0.2, 0.25) is 0 Å². The highest BCUT2D eigenvalue weighted by atomic mass is 19.4. The molecular weight excluding hydrogens is 279 g/mol. The summed E-state index contributed by atoms with van der Waals surface area (Å²) < 4.78 is 38.0. The van der Waals surface area contributed by atoms with Gasteiger partial charge < -0.3 is 5.73 Å². The number of carbonyl (C=O) groups is 1. The molecule has 21 heavy (non-hydrogen) atoms. The average Bonchev–Trinajstić information content (AvgIpc) is 2.46. The number of halogens is 3. The van der Waals surface area contributed by atoms with Crippen LogP contribution in [0.1, 0.15) is 36.8 Å². The van der Waals surface area contributed by atoms with Crippen molar-refractivity contribution in [2.24, 2.45) is 17.6 Å². The second-order valence-electron chi connectivity index (χ2n) is 5.73. The summed E-state index contributed by atoms with van der Waals surface area (Å²) in [6.45, 7) is 0.471. The van der Waals surface area contributed by atoms with Gasteiger partial charge in [-0.3, -0.25) is 4.79 Å². The molecule has 0 radical (unpaired) electrons. The quantitative estimate of drug-likeness (QED) is 0.923. The first kappa shape index (κ1) is 16.0. The van der Waals surface area contributed by atoms with Gasteiger partial charge in [-0.2, -0.15) is 13.2 Å². The highest BCUT2D eigenvalue weighted by molar-refractivity contribution is 5.83. The standard InChI is InChI=1S/C16H20F3NO/c17-16(18,19)13-6-3-4-11(8-13)9-15(21)14-7-2-1-5-12(14)10-20/h3-4,6,8,12,14H,1-2,5,7,9-10,20H2. The van der Waals surface area contributed by atoms with Gasteiger partial charge in [-0.25, -0.2) is 0 Å². The monoisotopic (exact) mass is 299 g/mol. The van der Waals surface area contributed by atoms with Gasteiger partial charge in [0.25, 0.3) is 0 Å². The number of nitrogens with two attached hydrogens (primary N) is 1. The molecular formula is C16H20F3NO. The smallest absolute Gasteiger partial charge is 0.330 e. The third-order valence-electron chi connectivity index (χ3n) is 4.26. The van der Waals surface area contributed by atoms with Crippen LogP contribution in [0.15, 0.2) is 24.3 Å². The Balaban J connectivity index is 2.08. The Bertz CT molecular complexity index is 499. The Morgan fingerprint density at radius 3 is 2.62 bits per heavy atom. The van der Waals surface area contributed by atoms with Crippen molar-refractivity contribution in [2.75, 3.05) is 6.54 Å². The molecule has 0 aliphatic heterocycles. The Kier molecular flexibility index (Phi) is 5.04. The highest BCUT2D eigenvalue weighted by Crippen LogP contribution is 2.32. The zero-order valence-corrected chi connectivity index (χ0v) is 11.8. The van der Waals surface area contributed by atoms with E-state index in [1.807, 2.05) is 0 Å². The first-order valence-electron chi connectivity index (χ1n) is 7.30. The molecule has 2 rings (SSSR count). The van der Waals surface area contributed by atoms with Gasteiger partial charge in [0.1, 0.15) is 5.78 Å². The lowest BCUT2D eigenvalue weighted by Crippen LogP contribution is -2.33. The Labute approximate surface area is 122 Å². The van der Waals surface area contributed by atoms with E-state index >= 15 is 0 Å². The summed E-state index contributed by atoms with van der Waals surface area (Å²) in [7, 11) is 0. The van der Waals surface area contributed by atoms with Crippen LogP contribution in [0.5, 0.6) is 0 Å². The normalized spacial score (nSPS) is 23.0. The second-order valence-corrected chi connectivity index (χ2v) is 5.73. The first-order valence-corrected chi connectivity index (χ1v) is 7.30. The molecule has 0 heterocycles. The lowest BCUT2D eigenvalue weighted by atomic mass is 9.76. The van der Waals surface area contributed by atoms with Gasteiger partial charge in [0.2, 0.25) is 0 Å². The molecule has 0 saturated heterocycles. The fourth-order valence-electron chi connectivity index (χ4n) is 3.10. The van der Waals surface area contributed by atoms with E-state index < -0.39 is 11.7 Å². The Hall–Kier alpha value is -1.36. The molecule has 2 nitrogen and oxygen atoms in total. The zero-order valence-electron chi connectivity index (χ0n) is 11.8. The molecule has 0 amide bonds. The Morgan fingerprint density at radius 2 is 1.95 bits per heavy atom. The van der Waals surface area contributed by atoms with Crippen molar-refractivity contribution >= 4 is 5.78 Å². The van der Waals surface area contributed by atoms with Crippen LogP contribution in [0.4, 0.5) is 13.2 Å². The number of ketones is 1. The predicted molar refractivity (Wildman–Crippen MR) is 74.7 cm³/mol. The van der Waals surface area contributed by atoms with Crippen molar-refractivity contribution in [3.63, 3.8) is 0 Å². The molecule has 1 aliphatic carbocycles. The van der Waals surface area contributed by atoms with Gasteiger partial charge in [-0.05, 0) is 36.9 Å². The molecule has 1 aliphatic rings. The van der Waals surface area contributed by atoms with Gasteiger partial charge in [-0.1, -0.05) is 31.0 Å². The van der Waals surface area contributed by atoms with Crippen molar-refractivity contribution in [1.82, 2.24) is 0 Å². The molecule has 1 aromatic rings. The highest BCUT2D eigenvalue weighted by Gasteiger charge is 2.32. The van der Waals surface area contributed by atoms with Crippen LogP contribution < -0.4 is 5.73 Å². The van der Waals surface area contributed by atoms with E-state index in [9.17, 15) is 18.0 Å². The topological polar surface area (TPSA) is 43.1 Å². The molecule has 0 bridgehead atoms. The van der Waals surface area contributed by atoms with Crippen molar-refractivity contribution in [1.29, 1.82) is 0 Å². The number of hydrogen-bond donors (Lipinski definition) is 1. The van der Waals surface area contributed by atoms with E-state index in [0.29, 0.717) is 12.1 Å². The minimum absolute atomic E-state index is 0.0180. The number of Topliss-reactive ketones (excluding diaryl/α,β-unsaturated/α-hetero) is 1. The minimum Gasteiger partial charge on any atom is -0.330 e. The maximum atomic E-state index is 12.7. The summed E-state index contributed by atoms with van der Waals surface area (Å²) in [5.41, 5.74) is 5.43. The summed E-state index contributed by atoms with van der Waals surface area (Å²) in [5.74, 6) is 0.0971. The van der Waals surface area contributed by atoms with Crippen LogP contribution >= 0.6 is 0 Å². The van der Waals surface area contributed by atoms with E-state index in [1.54, 1.807) is 6.07 Å². The molecule has 2 atom stereocenters. The molecule has 2 N–H and O–H groups in total. The zero-order chi connectivity index (χ0) is 15.5. The van der Waals surface area contributed by atoms with Crippen molar-refractivity contribution in [2.45, 2.75) is 38.3 Å². The van der Waals surface area contributed by atoms with Crippen LogP contribution in [0.25, 0.3) is 0 Å². The fourth-order valence-corrected chi connectivity index (χ4v) is 3.10. The number of carbonyl (C=O) groups excluding carboxylic acids is 1. The van der Waals surface area contributed by atoms with E-state index in [0.717, 1.165) is 37.8 Å². The van der Waals surface area contributed by atoms with Crippen molar-refractivity contribution < 1.29 is 18.0 Å². The number of benzene rings is 1. The molecule has 5 heteroatoms. The summed E-state index contributed by atoms with van der Waals surface area (Å²) in [6, 6.07) is 5.02. The van der Waals surface area contributed by atoms with Crippen LogP contribution in [0.3, 0.4) is 0 Å². The average molecular weight is 299 g/mol. The molecule has 1 aromatic carbocycles. The SMILES string of the molecule is NCC1CCCCC1C(=O)Cc1cccc(C(F)(F)F)c1. The van der Waals surface area contributed by atoms with Crippen LogP contribution in [-0.2, 0) is 17.4 Å². The molecule has 2 unspecified atom stereocenters. The lowest BCUT2D eigenvalue weighted by Gasteiger charge is -2.29. The van der Waals surface area contributed by atoms with Crippen molar-refractivity contribution in [3.8, 4) is 0 Å². The molecule has 0 spiro atoms. The van der Waals surface area contributed by atoms with E-state index in [2.05, 4.69) is 0 Å². The molecule has 0 aromatic heterocycles. The third-order valence-corrected chi connectivity index (χ3v) is 4.26. The summed E-state index contributed by atoms with van der Waals surface area (Å²) in [4.78, 5) is 12.4. The summed E-state index contributed by atoms with van der Waals surface area (Å²) in [6.07, 6.45) is -0.491. The molecule has 1 fully saturated rings. The van der Waals surface area contributed by atoms with Gasteiger partial charge in [0.15, 0.2) is 0 Å². The van der Waals surface area contributed by atoms with Gasteiger partial charge in [-0.15, -0.1) is 0 Å². The van der Waals surface area contributed by atoms with Crippen LogP contribution in [0, 0.1) is 11.8 Å². The van der Waals surface area contributed by atoms with Gasteiger partial charge in [0.05, 0.1) is 5.56 Å². The van der Waals surface area contributed by atoms with E-state index in [-0.39, 0.29) is 24.0 Å². The number of alkyl halides is 3.